The molecule has 0 bridgehead atoms. The Balaban J connectivity index is 2.44. The molecule has 3 heteroatoms. The van der Waals surface area contributed by atoms with Crippen LogP contribution in [0.5, 0.6) is 0 Å². The molecule has 0 amide bonds. The van der Waals surface area contributed by atoms with Crippen LogP contribution in [0.25, 0.3) is 0 Å². The van der Waals surface area contributed by atoms with E-state index in [9.17, 15) is 5.11 Å². The molecular formula is C15H14Cl2O. The Bertz CT molecular complexity index is 579. The third kappa shape index (κ3) is 2.69. The second kappa shape index (κ2) is 5.31. The first kappa shape index (κ1) is 13.4. The molecule has 1 unspecified atom stereocenters. The molecule has 2 aromatic rings. The van der Waals surface area contributed by atoms with Gasteiger partial charge in [0.1, 0.15) is 6.10 Å². The molecule has 1 atom stereocenters. The highest BCUT2D eigenvalue weighted by molar-refractivity contribution is 6.33. The maximum absolute atomic E-state index is 10.4. The minimum atomic E-state index is -0.754. The highest BCUT2D eigenvalue weighted by Crippen LogP contribution is 2.31. The second-order valence-electron chi connectivity index (χ2n) is 4.41. The van der Waals surface area contributed by atoms with Crippen molar-refractivity contribution in [1.82, 2.24) is 0 Å². The zero-order chi connectivity index (χ0) is 13.3. The predicted molar refractivity (Wildman–Crippen MR) is 76.4 cm³/mol. The number of aryl methyl sites for hydroxylation is 2. The van der Waals surface area contributed by atoms with E-state index in [0.717, 1.165) is 11.1 Å². The van der Waals surface area contributed by atoms with Crippen molar-refractivity contribution in [1.29, 1.82) is 0 Å². The fraction of sp³-hybridized carbons (Fsp3) is 0.200. The Kier molecular flexibility index (Phi) is 3.96. The van der Waals surface area contributed by atoms with Crippen molar-refractivity contribution in [2.24, 2.45) is 0 Å². The van der Waals surface area contributed by atoms with Crippen LogP contribution in [0.4, 0.5) is 0 Å². The van der Waals surface area contributed by atoms with Gasteiger partial charge in [-0.3, -0.25) is 0 Å². The van der Waals surface area contributed by atoms with Gasteiger partial charge in [-0.2, -0.15) is 0 Å². The molecule has 2 aromatic carbocycles. The van der Waals surface area contributed by atoms with Crippen LogP contribution in [0.3, 0.4) is 0 Å². The van der Waals surface area contributed by atoms with Gasteiger partial charge in [0.05, 0.1) is 0 Å². The summed E-state index contributed by atoms with van der Waals surface area (Å²) in [6.07, 6.45) is -0.754. The highest BCUT2D eigenvalue weighted by atomic mass is 35.5. The lowest BCUT2D eigenvalue weighted by Crippen LogP contribution is -2.01. The average molecular weight is 281 g/mol. The highest BCUT2D eigenvalue weighted by Gasteiger charge is 2.14. The third-order valence-corrected chi connectivity index (χ3v) is 3.68. The summed E-state index contributed by atoms with van der Waals surface area (Å²) in [6.45, 7) is 4.06. The van der Waals surface area contributed by atoms with Gasteiger partial charge in [-0.1, -0.05) is 41.4 Å². The second-order valence-corrected chi connectivity index (χ2v) is 5.26. The Hall–Kier alpha value is -1.02. The number of halogens is 2. The van der Waals surface area contributed by atoms with Crippen LogP contribution in [0.2, 0.25) is 10.0 Å². The summed E-state index contributed by atoms with van der Waals surface area (Å²) in [5.74, 6) is 0. The van der Waals surface area contributed by atoms with Crippen LogP contribution in [0.15, 0.2) is 36.4 Å². The fourth-order valence-electron chi connectivity index (χ4n) is 1.84. The predicted octanol–water partition coefficient (Wildman–Crippen LogP) is 4.69. The number of rotatable bonds is 2. The molecule has 0 saturated heterocycles. The first-order chi connectivity index (χ1) is 8.49. The average Bonchev–Trinajstić information content (AvgIpc) is 2.35. The molecule has 0 fully saturated rings. The zero-order valence-corrected chi connectivity index (χ0v) is 11.8. The van der Waals surface area contributed by atoms with E-state index in [1.165, 1.54) is 5.56 Å². The lowest BCUT2D eigenvalue weighted by atomic mass is 9.98. The number of aliphatic hydroxyl groups is 1. The van der Waals surface area contributed by atoms with E-state index < -0.39 is 6.10 Å². The zero-order valence-electron chi connectivity index (χ0n) is 10.2. The third-order valence-electron chi connectivity index (χ3n) is 3.10. The van der Waals surface area contributed by atoms with Gasteiger partial charge in [0.15, 0.2) is 0 Å². The van der Waals surface area contributed by atoms with Crippen molar-refractivity contribution in [3.8, 4) is 0 Å². The molecule has 1 N–H and O–H groups in total. The number of benzene rings is 2. The first-order valence-corrected chi connectivity index (χ1v) is 6.45. The molecule has 0 aliphatic rings. The molecule has 1 nitrogen and oxygen atoms in total. The van der Waals surface area contributed by atoms with Crippen LogP contribution in [-0.4, -0.2) is 5.11 Å². The monoisotopic (exact) mass is 280 g/mol. The summed E-state index contributed by atoms with van der Waals surface area (Å²) < 4.78 is 0. The van der Waals surface area contributed by atoms with E-state index in [2.05, 4.69) is 0 Å². The van der Waals surface area contributed by atoms with Gasteiger partial charge in [-0.15, -0.1) is 0 Å². The lowest BCUT2D eigenvalue weighted by Gasteiger charge is -2.15. The SMILES string of the molecule is Cc1ccc(C(O)c2cc(Cl)ccc2Cl)cc1C. The summed E-state index contributed by atoms with van der Waals surface area (Å²) >= 11 is 12.0. The van der Waals surface area contributed by atoms with Crippen molar-refractivity contribution >= 4 is 23.2 Å². The van der Waals surface area contributed by atoms with Gasteiger partial charge in [0.2, 0.25) is 0 Å². The number of hydrogen-bond acceptors (Lipinski definition) is 1. The molecule has 0 radical (unpaired) electrons. The minimum absolute atomic E-state index is 0.519. The Morgan fingerprint density at radius 3 is 2.33 bits per heavy atom. The Morgan fingerprint density at radius 1 is 0.944 bits per heavy atom. The van der Waals surface area contributed by atoms with Crippen molar-refractivity contribution in [2.75, 3.05) is 0 Å². The Morgan fingerprint density at radius 2 is 1.67 bits per heavy atom. The molecule has 18 heavy (non-hydrogen) atoms. The molecule has 0 aliphatic carbocycles. The van der Waals surface area contributed by atoms with E-state index >= 15 is 0 Å². The molecule has 0 spiro atoms. The standard InChI is InChI=1S/C15H14Cl2O/c1-9-3-4-11(7-10(9)2)15(18)13-8-12(16)5-6-14(13)17/h3-8,15,18H,1-2H3. The quantitative estimate of drug-likeness (QED) is 0.846. The van der Waals surface area contributed by atoms with Crippen molar-refractivity contribution in [2.45, 2.75) is 20.0 Å². The maximum atomic E-state index is 10.4. The van der Waals surface area contributed by atoms with Gasteiger partial charge in [0, 0.05) is 15.6 Å². The topological polar surface area (TPSA) is 20.2 Å². The molecule has 0 aromatic heterocycles. The Labute approximate surface area is 117 Å². The fourth-order valence-corrected chi connectivity index (χ4v) is 2.24. The van der Waals surface area contributed by atoms with Crippen LogP contribution < -0.4 is 0 Å². The molecule has 0 heterocycles. The molecular weight excluding hydrogens is 267 g/mol. The van der Waals surface area contributed by atoms with E-state index in [4.69, 9.17) is 23.2 Å². The van der Waals surface area contributed by atoms with Crippen LogP contribution in [0, 0.1) is 13.8 Å². The van der Waals surface area contributed by atoms with E-state index in [-0.39, 0.29) is 0 Å². The molecule has 94 valence electrons. The van der Waals surface area contributed by atoms with Gasteiger partial charge in [0.25, 0.3) is 0 Å². The molecule has 2 rings (SSSR count). The van der Waals surface area contributed by atoms with Gasteiger partial charge in [-0.05, 0) is 48.7 Å². The van der Waals surface area contributed by atoms with E-state index in [1.807, 2.05) is 32.0 Å². The lowest BCUT2D eigenvalue weighted by molar-refractivity contribution is 0.220. The molecule has 0 saturated carbocycles. The summed E-state index contributed by atoms with van der Waals surface area (Å²) in [5, 5.41) is 11.5. The maximum Gasteiger partial charge on any atom is 0.106 e. The van der Waals surface area contributed by atoms with Crippen LogP contribution in [-0.2, 0) is 0 Å². The van der Waals surface area contributed by atoms with E-state index in [1.54, 1.807) is 18.2 Å². The van der Waals surface area contributed by atoms with E-state index in [0.29, 0.717) is 15.6 Å². The van der Waals surface area contributed by atoms with Gasteiger partial charge < -0.3 is 5.11 Å². The number of aliphatic hydroxyl groups excluding tert-OH is 1. The van der Waals surface area contributed by atoms with Crippen molar-refractivity contribution in [3.05, 3.63) is 68.7 Å². The van der Waals surface area contributed by atoms with Crippen LogP contribution in [0.1, 0.15) is 28.4 Å². The first-order valence-electron chi connectivity index (χ1n) is 5.69. The van der Waals surface area contributed by atoms with Gasteiger partial charge in [-0.25, -0.2) is 0 Å². The van der Waals surface area contributed by atoms with Crippen molar-refractivity contribution < 1.29 is 5.11 Å². The molecule has 0 aliphatic heterocycles. The van der Waals surface area contributed by atoms with Gasteiger partial charge >= 0.3 is 0 Å². The summed E-state index contributed by atoms with van der Waals surface area (Å²) in [5.41, 5.74) is 3.79. The normalized spacial score (nSPS) is 12.5. The van der Waals surface area contributed by atoms with Crippen LogP contribution >= 0.6 is 23.2 Å². The summed E-state index contributed by atoms with van der Waals surface area (Å²) in [6, 6.07) is 11.0. The number of hydrogen-bond donors (Lipinski definition) is 1. The minimum Gasteiger partial charge on any atom is -0.384 e. The summed E-state index contributed by atoms with van der Waals surface area (Å²) in [4.78, 5) is 0. The van der Waals surface area contributed by atoms with Crippen molar-refractivity contribution in [3.63, 3.8) is 0 Å². The smallest absolute Gasteiger partial charge is 0.106 e. The summed E-state index contributed by atoms with van der Waals surface area (Å²) in [7, 11) is 0. The largest absolute Gasteiger partial charge is 0.384 e.